The van der Waals surface area contributed by atoms with Gasteiger partial charge in [0.25, 0.3) is 0 Å². The molecule has 0 spiro atoms. The number of aliphatic hydroxyl groups is 1. The second kappa shape index (κ2) is 5.51. The summed E-state index contributed by atoms with van der Waals surface area (Å²) in [5.41, 5.74) is 8.61. The topological polar surface area (TPSA) is 55.5 Å². The van der Waals surface area contributed by atoms with E-state index in [1.807, 2.05) is 25.1 Å². The monoisotopic (exact) mass is 277 g/mol. The zero-order valence-corrected chi connectivity index (χ0v) is 11.6. The highest BCUT2D eigenvalue weighted by molar-refractivity contribution is 6.30. The number of hydrogen-bond acceptors (Lipinski definition) is 3. The van der Waals surface area contributed by atoms with Crippen LogP contribution in [0.15, 0.2) is 36.4 Å². The van der Waals surface area contributed by atoms with Crippen LogP contribution in [0.3, 0.4) is 0 Å². The summed E-state index contributed by atoms with van der Waals surface area (Å²) in [6.45, 7) is 1.93. The third-order valence-electron chi connectivity index (χ3n) is 3.08. The molecule has 3 N–H and O–H groups in total. The first-order valence-electron chi connectivity index (χ1n) is 5.91. The number of nitrogen functional groups attached to an aromatic ring is 1. The zero-order chi connectivity index (χ0) is 14.0. The van der Waals surface area contributed by atoms with Crippen molar-refractivity contribution < 1.29 is 9.84 Å². The van der Waals surface area contributed by atoms with Gasteiger partial charge in [-0.05, 0) is 30.7 Å². The highest BCUT2D eigenvalue weighted by Gasteiger charge is 2.19. The number of rotatable bonds is 3. The molecule has 0 fully saturated rings. The molecule has 0 radical (unpaired) electrons. The van der Waals surface area contributed by atoms with Crippen molar-refractivity contribution in [3.8, 4) is 5.75 Å². The van der Waals surface area contributed by atoms with Gasteiger partial charge in [0, 0.05) is 21.8 Å². The predicted octanol–water partition coefficient (Wildman–Crippen LogP) is 3.32. The Labute approximate surface area is 117 Å². The Morgan fingerprint density at radius 2 is 1.95 bits per heavy atom. The molecule has 2 aromatic carbocycles. The van der Waals surface area contributed by atoms with Crippen molar-refractivity contribution in [3.63, 3.8) is 0 Å². The van der Waals surface area contributed by atoms with Crippen LogP contribution in [0.5, 0.6) is 5.75 Å². The molecule has 0 aliphatic heterocycles. The second-order valence-corrected chi connectivity index (χ2v) is 4.81. The van der Waals surface area contributed by atoms with E-state index in [2.05, 4.69) is 0 Å². The molecular formula is C15H16ClNO2. The summed E-state index contributed by atoms with van der Waals surface area (Å²) in [6, 6.07) is 10.7. The Morgan fingerprint density at radius 1 is 1.21 bits per heavy atom. The number of aryl methyl sites for hydroxylation is 1. The van der Waals surface area contributed by atoms with Gasteiger partial charge in [0.2, 0.25) is 0 Å². The molecule has 19 heavy (non-hydrogen) atoms. The van der Waals surface area contributed by atoms with Gasteiger partial charge in [-0.1, -0.05) is 29.8 Å². The largest absolute Gasteiger partial charge is 0.496 e. The molecule has 4 heteroatoms. The summed E-state index contributed by atoms with van der Waals surface area (Å²) in [4.78, 5) is 0. The highest BCUT2D eigenvalue weighted by atomic mass is 35.5. The van der Waals surface area contributed by atoms with Crippen molar-refractivity contribution in [2.24, 2.45) is 0 Å². The molecule has 2 aromatic rings. The third-order valence-corrected chi connectivity index (χ3v) is 3.32. The molecule has 0 saturated heterocycles. The average molecular weight is 278 g/mol. The van der Waals surface area contributed by atoms with Gasteiger partial charge in [0.1, 0.15) is 11.9 Å². The van der Waals surface area contributed by atoms with E-state index < -0.39 is 6.10 Å². The molecule has 100 valence electrons. The zero-order valence-electron chi connectivity index (χ0n) is 10.9. The number of para-hydroxylation sites is 1. The number of halogens is 1. The van der Waals surface area contributed by atoms with Crippen molar-refractivity contribution in [1.29, 1.82) is 0 Å². The molecule has 2 rings (SSSR count). The molecule has 0 heterocycles. The van der Waals surface area contributed by atoms with Gasteiger partial charge in [-0.2, -0.15) is 0 Å². The fourth-order valence-electron chi connectivity index (χ4n) is 2.12. The first kappa shape index (κ1) is 13.7. The van der Waals surface area contributed by atoms with E-state index in [9.17, 15) is 5.11 Å². The molecule has 0 bridgehead atoms. The second-order valence-electron chi connectivity index (χ2n) is 4.37. The lowest BCUT2D eigenvalue weighted by molar-refractivity contribution is 0.215. The summed E-state index contributed by atoms with van der Waals surface area (Å²) in [7, 11) is 1.58. The number of aliphatic hydroxyl groups excluding tert-OH is 1. The summed E-state index contributed by atoms with van der Waals surface area (Å²) in [6.07, 6.45) is -0.867. The van der Waals surface area contributed by atoms with E-state index in [0.29, 0.717) is 27.6 Å². The van der Waals surface area contributed by atoms with Gasteiger partial charge in [-0.25, -0.2) is 0 Å². The summed E-state index contributed by atoms with van der Waals surface area (Å²) in [5, 5.41) is 11.1. The average Bonchev–Trinajstić information content (AvgIpc) is 2.40. The molecule has 0 unspecified atom stereocenters. The lowest BCUT2D eigenvalue weighted by Crippen LogP contribution is -2.06. The number of hydrogen-bond donors (Lipinski definition) is 2. The van der Waals surface area contributed by atoms with Gasteiger partial charge < -0.3 is 15.6 Å². The van der Waals surface area contributed by atoms with Crippen LogP contribution in [-0.2, 0) is 0 Å². The lowest BCUT2D eigenvalue weighted by atomic mass is 9.97. The van der Waals surface area contributed by atoms with Crippen LogP contribution in [0.4, 0.5) is 5.69 Å². The molecule has 1 atom stereocenters. The Balaban J connectivity index is 2.52. The molecule has 0 aromatic heterocycles. The highest BCUT2D eigenvalue weighted by Crippen LogP contribution is 2.35. The first-order valence-corrected chi connectivity index (χ1v) is 6.29. The van der Waals surface area contributed by atoms with E-state index >= 15 is 0 Å². The molecule has 0 amide bonds. The summed E-state index contributed by atoms with van der Waals surface area (Å²) >= 11 is 5.96. The fraction of sp³-hybridized carbons (Fsp3) is 0.200. The lowest BCUT2D eigenvalue weighted by Gasteiger charge is -2.18. The van der Waals surface area contributed by atoms with Crippen molar-refractivity contribution >= 4 is 17.3 Å². The molecule has 0 aliphatic rings. The van der Waals surface area contributed by atoms with Gasteiger partial charge in [-0.3, -0.25) is 0 Å². The first-order chi connectivity index (χ1) is 9.04. The van der Waals surface area contributed by atoms with Gasteiger partial charge >= 0.3 is 0 Å². The number of nitrogens with two attached hydrogens (primary N) is 1. The van der Waals surface area contributed by atoms with Gasteiger partial charge in [0.15, 0.2) is 0 Å². The predicted molar refractivity (Wildman–Crippen MR) is 77.7 cm³/mol. The van der Waals surface area contributed by atoms with Crippen LogP contribution < -0.4 is 10.5 Å². The van der Waals surface area contributed by atoms with E-state index in [1.54, 1.807) is 25.3 Å². The number of methoxy groups -OCH3 is 1. The van der Waals surface area contributed by atoms with Gasteiger partial charge in [0.05, 0.1) is 7.11 Å². The minimum Gasteiger partial charge on any atom is -0.496 e. The molecule has 3 nitrogen and oxygen atoms in total. The van der Waals surface area contributed by atoms with E-state index in [0.717, 1.165) is 5.56 Å². The maximum atomic E-state index is 10.5. The van der Waals surface area contributed by atoms with Crippen molar-refractivity contribution in [1.82, 2.24) is 0 Å². The number of ether oxygens (including phenoxy) is 1. The van der Waals surface area contributed by atoms with Crippen LogP contribution in [0.2, 0.25) is 5.02 Å². The van der Waals surface area contributed by atoms with E-state index in [-0.39, 0.29) is 0 Å². The Morgan fingerprint density at radius 3 is 2.63 bits per heavy atom. The SMILES string of the molecule is COc1c(C)cccc1[C@H](O)c1cc(Cl)ccc1N. The van der Waals surface area contributed by atoms with Crippen LogP contribution in [0.1, 0.15) is 22.8 Å². The maximum Gasteiger partial charge on any atom is 0.127 e. The molecule has 0 saturated carbocycles. The van der Waals surface area contributed by atoms with Crippen molar-refractivity contribution in [2.75, 3.05) is 12.8 Å². The minimum absolute atomic E-state index is 0.500. The maximum absolute atomic E-state index is 10.5. The number of benzene rings is 2. The Kier molecular flexibility index (Phi) is 3.98. The Bertz CT molecular complexity index is 599. The standard InChI is InChI=1S/C15H16ClNO2/c1-9-4-3-5-11(15(9)19-2)14(18)12-8-10(16)6-7-13(12)17/h3-8,14,18H,17H2,1-2H3/t14-/m0/s1. The normalized spacial score (nSPS) is 12.2. The van der Waals surface area contributed by atoms with Crippen LogP contribution in [0.25, 0.3) is 0 Å². The fourth-order valence-corrected chi connectivity index (χ4v) is 2.30. The van der Waals surface area contributed by atoms with Crippen molar-refractivity contribution in [3.05, 3.63) is 58.1 Å². The van der Waals surface area contributed by atoms with Crippen LogP contribution in [0, 0.1) is 6.92 Å². The summed E-state index contributed by atoms with van der Waals surface area (Å²) < 4.78 is 5.36. The minimum atomic E-state index is -0.867. The van der Waals surface area contributed by atoms with Crippen LogP contribution >= 0.6 is 11.6 Å². The quantitative estimate of drug-likeness (QED) is 0.846. The van der Waals surface area contributed by atoms with E-state index in [1.165, 1.54) is 0 Å². The van der Waals surface area contributed by atoms with Gasteiger partial charge in [-0.15, -0.1) is 0 Å². The van der Waals surface area contributed by atoms with Crippen LogP contribution in [-0.4, -0.2) is 12.2 Å². The van der Waals surface area contributed by atoms with E-state index in [4.69, 9.17) is 22.1 Å². The molecule has 0 aliphatic carbocycles. The third kappa shape index (κ3) is 2.67. The summed E-state index contributed by atoms with van der Waals surface area (Å²) in [5.74, 6) is 0.661. The number of anilines is 1. The molecular weight excluding hydrogens is 262 g/mol. The van der Waals surface area contributed by atoms with Crippen molar-refractivity contribution in [2.45, 2.75) is 13.0 Å². The smallest absolute Gasteiger partial charge is 0.127 e. The Hall–Kier alpha value is -1.71.